The monoisotopic (exact) mass is 509 g/mol. The molecule has 3 aliphatic heterocycles. The molecule has 1 atom stereocenters. The van der Waals surface area contributed by atoms with Crippen molar-refractivity contribution in [3.63, 3.8) is 0 Å². The van der Waals surface area contributed by atoms with Crippen LogP contribution in [0.25, 0.3) is 0 Å². The number of amides is 3. The molecule has 0 aliphatic carbocycles. The van der Waals surface area contributed by atoms with Gasteiger partial charge in [0.15, 0.2) is 11.5 Å². The summed E-state index contributed by atoms with van der Waals surface area (Å²) in [5, 5.41) is 9.62. The second-order valence-electron chi connectivity index (χ2n) is 9.97. The number of hydrogen-bond acceptors (Lipinski definition) is 7. The molecule has 2 fully saturated rings. The van der Waals surface area contributed by atoms with E-state index in [1.54, 1.807) is 26.3 Å². The first-order valence-corrected chi connectivity index (χ1v) is 12.7. The maximum atomic E-state index is 13.0. The molecule has 1 unspecified atom stereocenters. The molecule has 10 nitrogen and oxygen atoms in total. The molecular weight excluding hydrogens is 474 g/mol. The number of benzene rings is 2. The van der Waals surface area contributed by atoms with Crippen LogP contribution in [0, 0.1) is 0 Å². The standard InChI is InChI=1S/C27H35N5O5/c1-18-13-19-14-23(35-3)24(36-4)15-20(19)16-31(32(18)25(33)28-2)22-7-5-21(6-8-22)30-11-9-27(10-12-30)17-37-26(34)29-27/h5-8,14-15,18H,9-13,16-17H2,1-4H3,(H,28,33)(H,29,34). The fourth-order valence-corrected chi connectivity index (χ4v) is 5.61. The third-order valence-electron chi connectivity index (χ3n) is 7.72. The zero-order valence-corrected chi connectivity index (χ0v) is 21.9. The predicted molar refractivity (Wildman–Crippen MR) is 140 cm³/mol. The first kappa shape index (κ1) is 24.9. The van der Waals surface area contributed by atoms with E-state index < -0.39 is 0 Å². The molecular formula is C27H35N5O5. The van der Waals surface area contributed by atoms with Crippen molar-refractivity contribution in [2.24, 2.45) is 0 Å². The zero-order chi connectivity index (χ0) is 26.2. The van der Waals surface area contributed by atoms with Gasteiger partial charge < -0.3 is 29.7 Å². The summed E-state index contributed by atoms with van der Waals surface area (Å²) in [5.41, 5.74) is 4.02. The number of alkyl carbamates (subject to hydrolysis) is 1. The minimum absolute atomic E-state index is 0.0823. The van der Waals surface area contributed by atoms with Crippen molar-refractivity contribution in [1.29, 1.82) is 0 Å². The number of hydrogen-bond donors (Lipinski definition) is 2. The van der Waals surface area contributed by atoms with Crippen LogP contribution in [-0.2, 0) is 17.7 Å². The fraction of sp³-hybridized carbons (Fsp3) is 0.481. The molecule has 3 amide bonds. The minimum atomic E-state index is -0.317. The van der Waals surface area contributed by atoms with Gasteiger partial charge in [-0.25, -0.2) is 14.6 Å². The highest BCUT2D eigenvalue weighted by atomic mass is 16.6. The molecule has 37 heavy (non-hydrogen) atoms. The van der Waals surface area contributed by atoms with Crippen LogP contribution < -0.4 is 30.0 Å². The van der Waals surface area contributed by atoms with Crippen LogP contribution in [-0.4, -0.2) is 69.7 Å². The van der Waals surface area contributed by atoms with E-state index in [-0.39, 0.29) is 23.7 Å². The third-order valence-corrected chi connectivity index (χ3v) is 7.72. The van der Waals surface area contributed by atoms with Gasteiger partial charge in [-0.2, -0.15) is 0 Å². The number of nitrogens with zero attached hydrogens (tertiary/aromatic N) is 3. The van der Waals surface area contributed by atoms with Gasteiger partial charge in [0.25, 0.3) is 0 Å². The van der Waals surface area contributed by atoms with Gasteiger partial charge in [0.2, 0.25) is 0 Å². The van der Waals surface area contributed by atoms with Crippen LogP contribution in [0.15, 0.2) is 36.4 Å². The lowest BCUT2D eigenvalue weighted by molar-refractivity contribution is 0.168. The summed E-state index contributed by atoms with van der Waals surface area (Å²) in [6.07, 6.45) is 2.06. The lowest BCUT2D eigenvalue weighted by Gasteiger charge is -2.40. The van der Waals surface area contributed by atoms with Crippen LogP contribution in [0.3, 0.4) is 0 Å². The van der Waals surface area contributed by atoms with Gasteiger partial charge in [-0.05, 0) is 73.7 Å². The maximum absolute atomic E-state index is 13.0. The Morgan fingerprint density at radius 3 is 2.24 bits per heavy atom. The summed E-state index contributed by atoms with van der Waals surface area (Å²) in [5.74, 6) is 1.36. The Morgan fingerprint density at radius 1 is 1.05 bits per heavy atom. The molecule has 0 bridgehead atoms. The van der Waals surface area contributed by atoms with Gasteiger partial charge in [0.05, 0.1) is 38.0 Å². The predicted octanol–water partition coefficient (Wildman–Crippen LogP) is 3.29. The normalized spacial score (nSPS) is 20.6. The number of cyclic esters (lactones) is 1. The van der Waals surface area contributed by atoms with Gasteiger partial charge in [-0.15, -0.1) is 0 Å². The lowest BCUT2D eigenvalue weighted by Crippen LogP contribution is -2.54. The molecule has 2 saturated heterocycles. The molecule has 2 N–H and O–H groups in total. The average molecular weight is 510 g/mol. The quantitative estimate of drug-likeness (QED) is 0.653. The maximum Gasteiger partial charge on any atom is 0.407 e. The summed E-state index contributed by atoms with van der Waals surface area (Å²) in [7, 11) is 4.92. The van der Waals surface area contributed by atoms with Gasteiger partial charge in [0.1, 0.15) is 6.61 Å². The number of fused-ring (bicyclic) bond motifs is 1. The Balaban J connectivity index is 1.40. The smallest absolute Gasteiger partial charge is 0.407 e. The third kappa shape index (κ3) is 4.68. The highest BCUT2D eigenvalue weighted by molar-refractivity contribution is 5.77. The Labute approximate surface area is 217 Å². The van der Waals surface area contributed by atoms with Crippen LogP contribution in [0.2, 0.25) is 0 Å². The molecule has 1 spiro atoms. The number of carbonyl (C=O) groups excluding carboxylic acids is 2. The molecule has 10 heteroatoms. The molecule has 2 aromatic carbocycles. The SMILES string of the molecule is CNC(=O)N1C(C)Cc2cc(OC)c(OC)cc2CN1c1ccc(N2CCC3(CC2)COC(=O)N3)cc1. The Morgan fingerprint density at radius 2 is 1.68 bits per heavy atom. The molecule has 0 aromatic heterocycles. The molecule has 0 saturated carbocycles. The number of nitrogens with one attached hydrogen (secondary N) is 2. The summed E-state index contributed by atoms with van der Waals surface area (Å²) in [6.45, 7) is 4.68. The van der Waals surface area contributed by atoms with E-state index in [1.165, 1.54) is 0 Å². The van der Waals surface area contributed by atoms with E-state index in [2.05, 4.69) is 46.7 Å². The minimum Gasteiger partial charge on any atom is -0.493 e. The first-order valence-electron chi connectivity index (χ1n) is 12.7. The molecule has 5 rings (SSSR count). The van der Waals surface area contributed by atoms with Crippen molar-refractivity contribution in [2.45, 2.75) is 44.3 Å². The number of urea groups is 1. The van der Waals surface area contributed by atoms with Crippen molar-refractivity contribution in [2.75, 3.05) is 50.9 Å². The second-order valence-corrected chi connectivity index (χ2v) is 9.97. The molecule has 0 radical (unpaired) electrons. The van der Waals surface area contributed by atoms with Gasteiger partial charge in [0, 0.05) is 25.8 Å². The highest BCUT2D eigenvalue weighted by Crippen LogP contribution is 2.36. The van der Waals surface area contributed by atoms with Crippen molar-refractivity contribution >= 4 is 23.5 Å². The second kappa shape index (κ2) is 9.91. The van der Waals surface area contributed by atoms with Crippen molar-refractivity contribution < 1.29 is 23.8 Å². The number of carbonyl (C=O) groups is 2. The Kier molecular flexibility index (Phi) is 6.66. The molecule has 3 aliphatic rings. The molecule has 3 heterocycles. The summed E-state index contributed by atoms with van der Waals surface area (Å²) < 4.78 is 16.2. The van der Waals surface area contributed by atoms with E-state index >= 15 is 0 Å². The van der Waals surface area contributed by atoms with E-state index in [0.717, 1.165) is 48.4 Å². The number of piperidine rings is 1. The number of rotatable bonds is 4. The van der Waals surface area contributed by atoms with Gasteiger partial charge >= 0.3 is 12.1 Å². The molecule has 2 aromatic rings. The number of ether oxygens (including phenoxy) is 3. The van der Waals surface area contributed by atoms with E-state index in [0.29, 0.717) is 31.1 Å². The van der Waals surface area contributed by atoms with E-state index in [1.807, 2.05) is 17.1 Å². The number of anilines is 2. The van der Waals surface area contributed by atoms with Gasteiger partial charge in [-0.1, -0.05) is 0 Å². The fourth-order valence-electron chi connectivity index (χ4n) is 5.61. The molecule has 198 valence electrons. The highest BCUT2D eigenvalue weighted by Gasteiger charge is 2.42. The summed E-state index contributed by atoms with van der Waals surface area (Å²) in [6, 6.07) is 12.1. The Bertz CT molecular complexity index is 1160. The first-order chi connectivity index (χ1) is 17.9. The largest absolute Gasteiger partial charge is 0.493 e. The zero-order valence-electron chi connectivity index (χ0n) is 21.9. The lowest BCUT2D eigenvalue weighted by atomic mass is 9.89. The van der Waals surface area contributed by atoms with Crippen LogP contribution in [0.1, 0.15) is 30.9 Å². The summed E-state index contributed by atoms with van der Waals surface area (Å²) >= 11 is 0. The number of hydrazine groups is 1. The van der Waals surface area contributed by atoms with Gasteiger partial charge in [-0.3, -0.25) is 5.01 Å². The van der Waals surface area contributed by atoms with Crippen LogP contribution in [0.4, 0.5) is 21.0 Å². The van der Waals surface area contributed by atoms with E-state index in [4.69, 9.17) is 14.2 Å². The topological polar surface area (TPSA) is 95.6 Å². The van der Waals surface area contributed by atoms with Crippen molar-refractivity contribution in [1.82, 2.24) is 15.6 Å². The van der Waals surface area contributed by atoms with Crippen molar-refractivity contribution in [3.05, 3.63) is 47.5 Å². The van der Waals surface area contributed by atoms with Crippen LogP contribution in [0.5, 0.6) is 11.5 Å². The number of methoxy groups -OCH3 is 2. The van der Waals surface area contributed by atoms with E-state index in [9.17, 15) is 9.59 Å². The van der Waals surface area contributed by atoms with Crippen molar-refractivity contribution in [3.8, 4) is 11.5 Å². The Hall–Kier alpha value is -3.82. The average Bonchev–Trinajstić information content (AvgIpc) is 3.20. The van der Waals surface area contributed by atoms with Crippen LogP contribution >= 0.6 is 0 Å². The summed E-state index contributed by atoms with van der Waals surface area (Å²) in [4.78, 5) is 26.9.